The number of hydrogen-bond donors (Lipinski definition) is 0. The Morgan fingerprint density at radius 1 is 1.12 bits per heavy atom. The van der Waals surface area contributed by atoms with Crippen LogP contribution in [0.3, 0.4) is 0 Å². The Balaban J connectivity index is 2.00. The largest absolute Gasteiger partial charge is 0.315 e. The van der Waals surface area contributed by atoms with E-state index >= 15 is 0 Å². The van der Waals surface area contributed by atoms with E-state index in [4.69, 9.17) is 0 Å². The van der Waals surface area contributed by atoms with Crippen LogP contribution in [0, 0.1) is 12.7 Å². The molecule has 2 aromatic heterocycles. The summed E-state index contributed by atoms with van der Waals surface area (Å²) in [4.78, 5) is 16.8. The Labute approximate surface area is 139 Å². The van der Waals surface area contributed by atoms with Crippen molar-refractivity contribution >= 4 is 5.78 Å². The molecule has 4 heteroatoms. The highest BCUT2D eigenvalue weighted by Crippen LogP contribution is 2.35. The van der Waals surface area contributed by atoms with Crippen molar-refractivity contribution in [1.29, 1.82) is 0 Å². The maximum atomic E-state index is 13.3. The van der Waals surface area contributed by atoms with Gasteiger partial charge in [-0.05, 0) is 67.3 Å². The second-order valence-corrected chi connectivity index (χ2v) is 6.19. The third kappa shape index (κ3) is 2.44. The monoisotopic (exact) mass is 320 g/mol. The lowest BCUT2D eigenvalue weighted by atomic mass is 9.91. The van der Waals surface area contributed by atoms with E-state index in [0.29, 0.717) is 6.42 Å². The highest BCUT2D eigenvalue weighted by Gasteiger charge is 2.26. The fourth-order valence-corrected chi connectivity index (χ4v) is 3.40. The molecular weight excluding hydrogens is 303 g/mol. The Morgan fingerprint density at radius 3 is 2.67 bits per heavy atom. The van der Waals surface area contributed by atoms with Gasteiger partial charge in [0.15, 0.2) is 5.78 Å². The van der Waals surface area contributed by atoms with Crippen molar-refractivity contribution in [2.75, 3.05) is 0 Å². The second kappa shape index (κ2) is 5.71. The van der Waals surface area contributed by atoms with Gasteiger partial charge in [-0.15, -0.1) is 0 Å². The minimum Gasteiger partial charge on any atom is -0.315 e. The lowest BCUT2D eigenvalue weighted by Crippen LogP contribution is -2.09. The van der Waals surface area contributed by atoms with Crippen molar-refractivity contribution in [3.05, 3.63) is 71.4 Å². The van der Waals surface area contributed by atoms with E-state index in [0.717, 1.165) is 46.6 Å². The predicted octanol–water partition coefficient (Wildman–Crippen LogP) is 4.51. The number of aromatic nitrogens is 2. The predicted molar refractivity (Wildman–Crippen MR) is 91.0 cm³/mol. The molecule has 0 saturated heterocycles. The molecular formula is C20H17FN2O. The van der Waals surface area contributed by atoms with Crippen LogP contribution in [0.5, 0.6) is 0 Å². The van der Waals surface area contributed by atoms with Crippen LogP contribution in [0.15, 0.2) is 48.8 Å². The van der Waals surface area contributed by atoms with Crippen molar-refractivity contribution in [3.63, 3.8) is 0 Å². The van der Waals surface area contributed by atoms with Crippen molar-refractivity contribution in [2.45, 2.75) is 26.2 Å². The molecule has 0 radical (unpaired) electrons. The molecule has 120 valence electrons. The van der Waals surface area contributed by atoms with Gasteiger partial charge in [0, 0.05) is 35.8 Å². The smallest absolute Gasteiger partial charge is 0.165 e. The summed E-state index contributed by atoms with van der Waals surface area (Å²) in [7, 11) is 0. The number of benzene rings is 1. The van der Waals surface area contributed by atoms with E-state index in [-0.39, 0.29) is 11.6 Å². The van der Waals surface area contributed by atoms with Gasteiger partial charge >= 0.3 is 0 Å². The van der Waals surface area contributed by atoms with E-state index < -0.39 is 0 Å². The lowest BCUT2D eigenvalue weighted by Gasteiger charge is -2.14. The number of rotatable bonds is 2. The number of carbonyl (C=O) groups is 1. The number of aryl methyl sites for hydroxylation is 2. The first-order valence-corrected chi connectivity index (χ1v) is 8.10. The lowest BCUT2D eigenvalue weighted by molar-refractivity contribution is 0.0973. The molecule has 2 heterocycles. The normalized spacial score (nSPS) is 13.8. The topological polar surface area (TPSA) is 34.9 Å². The summed E-state index contributed by atoms with van der Waals surface area (Å²) in [6.45, 7) is 1.94. The van der Waals surface area contributed by atoms with Gasteiger partial charge in [0.05, 0.1) is 5.69 Å². The van der Waals surface area contributed by atoms with Crippen molar-refractivity contribution in [1.82, 2.24) is 9.55 Å². The molecule has 1 aliphatic rings. The van der Waals surface area contributed by atoms with Gasteiger partial charge in [-0.1, -0.05) is 0 Å². The van der Waals surface area contributed by atoms with Crippen LogP contribution in [0.1, 0.15) is 34.5 Å². The molecule has 0 unspecified atom stereocenters. The van der Waals surface area contributed by atoms with E-state index in [1.807, 2.05) is 29.8 Å². The number of fused-ring (bicyclic) bond motifs is 1. The molecule has 0 atom stereocenters. The molecule has 0 fully saturated rings. The van der Waals surface area contributed by atoms with Crippen LogP contribution in [0.25, 0.3) is 16.9 Å². The third-order valence-electron chi connectivity index (χ3n) is 4.49. The van der Waals surface area contributed by atoms with Crippen LogP contribution in [0.2, 0.25) is 0 Å². The summed E-state index contributed by atoms with van der Waals surface area (Å²) in [6, 6.07) is 10.3. The molecule has 1 aliphatic carbocycles. The minimum atomic E-state index is -0.281. The third-order valence-corrected chi connectivity index (χ3v) is 4.49. The zero-order chi connectivity index (χ0) is 16.7. The zero-order valence-electron chi connectivity index (χ0n) is 13.4. The molecule has 0 amide bonds. The van der Waals surface area contributed by atoms with Gasteiger partial charge in [0.25, 0.3) is 0 Å². The molecule has 0 N–H and O–H groups in total. The Morgan fingerprint density at radius 2 is 1.92 bits per heavy atom. The van der Waals surface area contributed by atoms with Gasteiger partial charge < -0.3 is 4.57 Å². The van der Waals surface area contributed by atoms with E-state index in [2.05, 4.69) is 4.98 Å². The van der Waals surface area contributed by atoms with Crippen LogP contribution in [0.4, 0.5) is 4.39 Å². The summed E-state index contributed by atoms with van der Waals surface area (Å²) >= 11 is 0. The van der Waals surface area contributed by atoms with Gasteiger partial charge in [0.2, 0.25) is 0 Å². The number of carbonyl (C=O) groups excluding carboxylic acids is 1. The molecule has 4 rings (SSSR count). The number of Topliss-reactive ketones (excluding diaryl/α,β-unsaturated/α-hetero) is 1. The maximum absolute atomic E-state index is 13.3. The number of nitrogens with zero attached hydrogens (tertiary/aromatic N) is 2. The first-order valence-electron chi connectivity index (χ1n) is 8.10. The first-order chi connectivity index (χ1) is 11.6. The summed E-state index contributed by atoms with van der Waals surface area (Å²) < 4.78 is 15.4. The van der Waals surface area contributed by atoms with Gasteiger partial charge in [-0.25, -0.2) is 4.39 Å². The van der Waals surface area contributed by atoms with E-state index in [1.165, 1.54) is 12.1 Å². The molecule has 0 saturated carbocycles. The van der Waals surface area contributed by atoms with Crippen molar-refractivity contribution in [3.8, 4) is 16.9 Å². The number of halogens is 1. The molecule has 3 nitrogen and oxygen atoms in total. The maximum Gasteiger partial charge on any atom is 0.165 e. The fraction of sp³-hybridized carbons (Fsp3) is 0.200. The Hall–Kier alpha value is -2.75. The average Bonchev–Trinajstić information content (AvgIpc) is 2.96. The van der Waals surface area contributed by atoms with Gasteiger partial charge in [-0.2, -0.15) is 0 Å². The van der Waals surface area contributed by atoms with E-state index in [1.54, 1.807) is 18.3 Å². The summed E-state index contributed by atoms with van der Waals surface area (Å²) in [5.41, 5.74) is 5.42. The standard InChI is InChI=1S/C20H17FN2O/c1-13-11-17(9-10-22-13)23-12-15-3-2-4-18(24)19(15)20(23)14-5-7-16(21)8-6-14/h5-12H,2-4H2,1H3. The van der Waals surface area contributed by atoms with E-state index in [9.17, 15) is 9.18 Å². The highest BCUT2D eigenvalue weighted by molar-refractivity contribution is 6.04. The summed E-state index contributed by atoms with van der Waals surface area (Å²) in [5, 5.41) is 0. The molecule has 24 heavy (non-hydrogen) atoms. The highest BCUT2D eigenvalue weighted by atomic mass is 19.1. The van der Waals surface area contributed by atoms with Gasteiger partial charge in [-0.3, -0.25) is 9.78 Å². The number of hydrogen-bond acceptors (Lipinski definition) is 2. The molecule has 0 aliphatic heterocycles. The quantitative estimate of drug-likeness (QED) is 0.696. The molecule has 3 aromatic rings. The molecule has 1 aromatic carbocycles. The molecule has 0 spiro atoms. The first kappa shape index (κ1) is 14.8. The number of ketones is 1. The Bertz CT molecular complexity index is 925. The van der Waals surface area contributed by atoms with Crippen LogP contribution >= 0.6 is 0 Å². The molecule has 0 bridgehead atoms. The van der Waals surface area contributed by atoms with Crippen molar-refractivity contribution in [2.24, 2.45) is 0 Å². The van der Waals surface area contributed by atoms with Crippen molar-refractivity contribution < 1.29 is 9.18 Å². The second-order valence-electron chi connectivity index (χ2n) is 6.19. The summed E-state index contributed by atoms with van der Waals surface area (Å²) in [5.74, 6) is -0.114. The van der Waals surface area contributed by atoms with Crippen LogP contribution in [-0.2, 0) is 6.42 Å². The zero-order valence-corrected chi connectivity index (χ0v) is 13.4. The SMILES string of the molecule is Cc1cc(-n2cc3c(c2-c2ccc(F)cc2)C(=O)CCC3)ccn1. The van der Waals surface area contributed by atoms with Gasteiger partial charge in [0.1, 0.15) is 5.82 Å². The minimum absolute atomic E-state index is 0.167. The van der Waals surface area contributed by atoms with Crippen LogP contribution < -0.4 is 0 Å². The number of pyridine rings is 1. The average molecular weight is 320 g/mol. The fourth-order valence-electron chi connectivity index (χ4n) is 3.40. The van der Waals surface area contributed by atoms with Crippen LogP contribution in [-0.4, -0.2) is 15.3 Å². The summed E-state index contributed by atoms with van der Waals surface area (Å²) in [6.07, 6.45) is 6.15. The Kier molecular flexibility index (Phi) is 3.53.